The molecular weight excluding hydrogens is 198 g/mol. The van der Waals surface area contributed by atoms with Gasteiger partial charge in [-0.1, -0.05) is 23.6 Å². The van der Waals surface area contributed by atoms with Crippen LogP contribution in [0.15, 0.2) is 18.2 Å². The molecule has 0 aliphatic heterocycles. The summed E-state index contributed by atoms with van der Waals surface area (Å²) in [7, 11) is 0. The normalized spacial score (nSPS) is 8.36. The molecule has 0 aliphatic carbocycles. The van der Waals surface area contributed by atoms with Gasteiger partial charge >= 0.3 is 0 Å². The van der Waals surface area contributed by atoms with E-state index in [1.165, 1.54) is 0 Å². The molecule has 0 heterocycles. The second kappa shape index (κ2) is 5.17. The van der Waals surface area contributed by atoms with Gasteiger partial charge in [0.1, 0.15) is 24.0 Å². The molecule has 0 saturated carbocycles. The van der Waals surface area contributed by atoms with Crippen molar-refractivity contribution >= 4 is 11.6 Å². The van der Waals surface area contributed by atoms with Crippen LogP contribution in [-0.2, 0) is 0 Å². The van der Waals surface area contributed by atoms with E-state index in [0.29, 0.717) is 16.3 Å². The van der Waals surface area contributed by atoms with Crippen molar-refractivity contribution in [1.29, 1.82) is 5.26 Å². The van der Waals surface area contributed by atoms with Gasteiger partial charge in [-0.05, 0) is 19.1 Å². The molecule has 0 unspecified atom stereocenters. The number of halogens is 1. The number of nitriles is 1. The minimum Gasteiger partial charge on any atom is -0.480 e. The molecule has 1 rings (SSSR count). The fourth-order valence-corrected chi connectivity index (χ4v) is 1.13. The molecule has 0 fully saturated rings. The zero-order valence-corrected chi connectivity index (χ0v) is 8.43. The Morgan fingerprint density at radius 1 is 1.50 bits per heavy atom. The zero-order chi connectivity index (χ0) is 10.4. The van der Waals surface area contributed by atoms with E-state index in [0.717, 1.165) is 0 Å². The molecular formula is C11H8ClNO. The Kier molecular flexibility index (Phi) is 3.85. The molecule has 0 spiro atoms. The summed E-state index contributed by atoms with van der Waals surface area (Å²) < 4.78 is 5.27. The van der Waals surface area contributed by atoms with Crippen LogP contribution in [0.5, 0.6) is 5.75 Å². The van der Waals surface area contributed by atoms with Crippen LogP contribution < -0.4 is 4.74 Å². The van der Waals surface area contributed by atoms with E-state index >= 15 is 0 Å². The van der Waals surface area contributed by atoms with Gasteiger partial charge < -0.3 is 4.74 Å². The van der Waals surface area contributed by atoms with Gasteiger partial charge in [0.2, 0.25) is 0 Å². The number of nitrogens with zero attached hydrogens (tertiary/aromatic N) is 1. The summed E-state index contributed by atoms with van der Waals surface area (Å²) in [6.07, 6.45) is 0. The lowest BCUT2D eigenvalue weighted by molar-refractivity contribution is 0.369. The van der Waals surface area contributed by atoms with E-state index in [4.69, 9.17) is 21.6 Å². The fourth-order valence-electron chi connectivity index (χ4n) is 0.919. The lowest BCUT2D eigenvalue weighted by Crippen LogP contribution is -1.96. The Labute approximate surface area is 88.1 Å². The summed E-state index contributed by atoms with van der Waals surface area (Å²) in [4.78, 5) is 0. The molecule has 70 valence electrons. The first-order valence-electron chi connectivity index (χ1n) is 4.00. The smallest absolute Gasteiger partial charge is 0.149 e. The highest BCUT2D eigenvalue weighted by Gasteiger charge is 2.05. The quantitative estimate of drug-likeness (QED) is 0.696. The van der Waals surface area contributed by atoms with E-state index in [1.807, 2.05) is 6.07 Å². The first-order valence-corrected chi connectivity index (χ1v) is 4.38. The van der Waals surface area contributed by atoms with Gasteiger partial charge in [0.25, 0.3) is 0 Å². The number of hydrogen-bond acceptors (Lipinski definition) is 2. The van der Waals surface area contributed by atoms with Crippen LogP contribution in [0.3, 0.4) is 0 Å². The SMILES string of the molecule is CC#CCOc1cccc(Cl)c1C#N. The second-order valence-electron chi connectivity index (χ2n) is 2.44. The van der Waals surface area contributed by atoms with Crippen molar-refractivity contribution in [2.24, 2.45) is 0 Å². The van der Waals surface area contributed by atoms with Gasteiger partial charge in [-0.25, -0.2) is 0 Å². The Hall–Kier alpha value is -1.64. The van der Waals surface area contributed by atoms with Crippen LogP contribution in [0.25, 0.3) is 0 Å². The molecule has 1 aromatic rings. The van der Waals surface area contributed by atoms with Crippen molar-refractivity contribution in [2.45, 2.75) is 6.92 Å². The summed E-state index contributed by atoms with van der Waals surface area (Å²) >= 11 is 5.80. The average molecular weight is 206 g/mol. The minimum absolute atomic E-state index is 0.269. The van der Waals surface area contributed by atoms with E-state index < -0.39 is 0 Å². The molecule has 0 radical (unpaired) electrons. The summed E-state index contributed by atoms with van der Waals surface area (Å²) in [6, 6.07) is 7.07. The maximum absolute atomic E-state index is 8.81. The predicted molar refractivity (Wildman–Crippen MR) is 55.1 cm³/mol. The van der Waals surface area contributed by atoms with Crippen LogP contribution in [0.4, 0.5) is 0 Å². The van der Waals surface area contributed by atoms with Crippen LogP contribution >= 0.6 is 11.6 Å². The van der Waals surface area contributed by atoms with Crippen LogP contribution in [-0.4, -0.2) is 6.61 Å². The van der Waals surface area contributed by atoms with E-state index in [9.17, 15) is 0 Å². The molecule has 0 N–H and O–H groups in total. The van der Waals surface area contributed by atoms with Gasteiger partial charge in [-0.3, -0.25) is 0 Å². The Morgan fingerprint density at radius 2 is 2.29 bits per heavy atom. The molecule has 0 atom stereocenters. The number of benzene rings is 1. The maximum atomic E-state index is 8.81. The summed E-state index contributed by atoms with van der Waals surface area (Å²) in [6.45, 7) is 2.00. The Balaban J connectivity index is 2.90. The number of hydrogen-bond donors (Lipinski definition) is 0. The average Bonchev–Trinajstić information content (AvgIpc) is 2.18. The van der Waals surface area contributed by atoms with Crippen molar-refractivity contribution in [3.05, 3.63) is 28.8 Å². The highest BCUT2D eigenvalue weighted by Crippen LogP contribution is 2.24. The van der Waals surface area contributed by atoms with Gasteiger partial charge in [-0.2, -0.15) is 5.26 Å². The molecule has 0 aliphatic rings. The van der Waals surface area contributed by atoms with Crippen molar-refractivity contribution < 1.29 is 4.74 Å². The first kappa shape index (κ1) is 10.4. The Morgan fingerprint density at radius 3 is 2.93 bits per heavy atom. The van der Waals surface area contributed by atoms with Crippen LogP contribution in [0.2, 0.25) is 5.02 Å². The third-order valence-corrected chi connectivity index (χ3v) is 1.88. The van der Waals surface area contributed by atoms with Crippen LogP contribution in [0.1, 0.15) is 12.5 Å². The number of ether oxygens (including phenoxy) is 1. The lowest BCUT2D eigenvalue weighted by atomic mass is 10.2. The van der Waals surface area contributed by atoms with E-state index in [-0.39, 0.29) is 6.61 Å². The minimum atomic E-state index is 0.269. The lowest BCUT2D eigenvalue weighted by Gasteiger charge is -2.04. The summed E-state index contributed by atoms with van der Waals surface area (Å²) in [5, 5.41) is 9.20. The van der Waals surface area contributed by atoms with Crippen molar-refractivity contribution in [2.75, 3.05) is 6.61 Å². The van der Waals surface area contributed by atoms with Gasteiger partial charge in [0.15, 0.2) is 0 Å². The fraction of sp³-hybridized carbons (Fsp3) is 0.182. The highest BCUT2D eigenvalue weighted by atomic mass is 35.5. The maximum Gasteiger partial charge on any atom is 0.149 e. The summed E-state index contributed by atoms with van der Waals surface area (Å²) in [5.74, 6) is 5.92. The molecule has 0 saturated heterocycles. The first-order chi connectivity index (χ1) is 6.79. The standard InChI is InChI=1S/C11H8ClNO/c1-2-3-7-14-11-6-4-5-10(12)9(11)8-13/h4-6H,7H2,1H3. The molecule has 0 bridgehead atoms. The van der Waals surface area contributed by atoms with E-state index in [2.05, 4.69) is 11.8 Å². The highest BCUT2D eigenvalue weighted by molar-refractivity contribution is 6.31. The Bertz CT molecular complexity index is 423. The van der Waals surface area contributed by atoms with Gasteiger partial charge in [0.05, 0.1) is 5.02 Å². The molecule has 3 heteroatoms. The predicted octanol–water partition coefficient (Wildman–Crippen LogP) is 2.61. The summed E-state index contributed by atoms with van der Waals surface area (Å²) in [5.41, 5.74) is 0.354. The van der Waals surface area contributed by atoms with Crippen LogP contribution in [0, 0.1) is 23.2 Å². The molecule has 0 amide bonds. The molecule has 0 aromatic heterocycles. The molecule has 14 heavy (non-hydrogen) atoms. The monoisotopic (exact) mass is 205 g/mol. The number of rotatable bonds is 2. The van der Waals surface area contributed by atoms with Gasteiger partial charge in [-0.15, -0.1) is 5.92 Å². The third kappa shape index (κ3) is 2.42. The molecule has 1 aromatic carbocycles. The zero-order valence-electron chi connectivity index (χ0n) is 7.67. The molecule has 2 nitrogen and oxygen atoms in total. The second-order valence-corrected chi connectivity index (χ2v) is 2.85. The van der Waals surface area contributed by atoms with Crippen molar-refractivity contribution in [3.63, 3.8) is 0 Å². The topological polar surface area (TPSA) is 33.0 Å². The van der Waals surface area contributed by atoms with Crippen molar-refractivity contribution in [3.8, 4) is 23.7 Å². The van der Waals surface area contributed by atoms with Crippen molar-refractivity contribution in [1.82, 2.24) is 0 Å². The van der Waals surface area contributed by atoms with E-state index in [1.54, 1.807) is 25.1 Å². The third-order valence-electron chi connectivity index (χ3n) is 1.56. The largest absolute Gasteiger partial charge is 0.480 e. The van der Waals surface area contributed by atoms with Gasteiger partial charge in [0, 0.05) is 0 Å².